The fourth-order valence-corrected chi connectivity index (χ4v) is 4.01. The lowest BCUT2D eigenvalue weighted by atomic mass is 10.2. The number of ether oxygens (including phenoxy) is 1. The second-order valence-corrected chi connectivity index (χ2v) is 8.13. The summed E-state index contributed by atoms with van der Waals surface area (Å²) in [5.74, 6) is 0.490. The SMILES string of the molecule is CCn1ncc(S(=O)(=O)Nc2cc(Oc3ccc(Cl)cc3)cc([N+](=O)[O-])c2)c1C. The van der Waals surface area contributed by atoms with Gasteiger partial charge in [0.25, 0.3) is 15.7 Å². The molecule has 152 valence electrons. The van der Waals surface area contributed by atoms with Crippen molar-refractivity contribution in [2.24, 2.45) is 0 Å². The molecular weight excluding hydrogens is 420 g/mol. The number of sulfonamides is 1. The Kier molecular flexibility index (Phi) is 5.76. The van der Waals surface area contributed by atoms with Gasteiger partial charge in [-0.05, 0) is 38.1 Å². The molecule has 2 aromatic carbocycles. The van der Waals surface area contributed by atoms with Gasteiger partial charge in [0.05, 0.1) is 28.6 Å². The number of hydrogen-bond acceptors (Lipinski definition) is 6. The molecule has 0 fully saturated rings. The summed E-state index contributed by atoms with van der Waals surface area (Å²) in [6.45, 7) is 3.98. The molecular formula is C18H17ClN4O5S. The number of benzene rings is 2. The van der Waals surface area contributed by atoms with Crippen molar-refractivity contribution in [2.45, 2.75) is 25.3 Å². The van der Waals surface area contributed by atoms with Crippen molar-refractivity contribution in [3.8, 4) is 11.5 Å². The van der Waals surface area contributed by atoms with Crippen LogP contribution < -0.4 is 9.46 Å². The topological polar surface area (TPSA) is 116 Å². The van der Waals surface area contributed by atoms with E-state index in [9.17, 15) is 18.5 Å². The molecule has 0 amide bonds. The van der Waals surface area contributed by atoms with Gasteiger partial charge in [-0.1, -0.05) is 11.6 Å². The van der Waals surface area contributed by atoms with Crippen LogP contribution in [0.1, 0.15) is 12.6 Å². The highest BCUT2D eigenvalue weighted by Gasteiger charge is 2.22. The van der Waals surface area contributed by atoms with E-state index in [1.165, 1.54) is 23.0 Å². The first kappa shape index (κ1) is 20.6. The number of nitrogens with one attached hydrogen (secondary N) is 1. The highest BCUT2D eigenvalue weighted by atomic mass is 35.5. The van der Waals surface area contributed by atoms with Crippen LogP contribution in [0.2, 0.25) is 5.02 Å². The Hall–Kier alpha value is -3.11. The van der Waals surface area contributed by atoms with Gasteiger partial charge in [0.2, 0.25) is 0 Å². The lowest BCUT2D eigenvalue weighted by molar-refractivity contribution is -0.384. The average molecular weight is 437 g/mol. The number of nitrogens with zero attached hydrogens (tertiary/aromatic N) is 3. The zero-order valence-corrected chi connectivity index (χ0v) is 17.1. The molecule has 0 aliphatic carbocycles. The highest BCUT2D eigenvalue weighted by Crippen LogP contribution is 2.31. The molecule has 0 unspecified atom stereocenters. The third-order valence-corrected chi connectivity index (χ3v) is 5.79. The summed E-state index contributed by atoms with van der Waals surface area (Å²) in [5.41, 5.74) is 0.130. The summed E-state index contributed by atoms with van der Waals surface area (Å²) < 4.78 is 35.0. The highest BCUT2D eigenvalue weighted by molar-refractivity contribution is 7.92. The fourth-order valence-electron chi connectivity index (χ4n) is 2.67. The Morgan fingerprint density at radius 1 is 1.21 bits per heavy atom. The quantitative estimate of drug-likeness (QED) is 0.434. The second kappa shape index (κ2) is 8.10. The Balaban J connectivity index is 1.95. The lowest BCUT2D eigenvalue weighted by Crippen LogP contribution is -2.14. The summed E-state index contributed by atoms with van der Waals surface area (Å²) in [7, 11) is -4.00. The van der Waals surface area contributed by atoms with E-state index in [0.717, 1.165) is 6.07 Å². The van der Waals surface area contributed by atoms with Crippen LogP contribution in [-0.4, -0.2) is 23.1 Å². The van der Waals surface area contributed by atoms with Crippen molar-refractivity contribution in [1.29, 1.82) is 0 Å². The maximum absolute atomic E-state index is 12.8. The Morgan fingerprint density at radius 2 is 1.90 bits per heavy atom. The number of halogens is 1. The van der Waals surface area contributed by atoms with E-state index in [4.69, 9.17) is 16.3 Å². The van der Waals surface area contributed by atoms with Gasteiger partial charge in [0, 0.05) is 23.7 Å². The molecule has 0 aliphatic rings. The van der Waals surface area contributed by atoms with Crippen molar-refractivity contribution in [3.63, 3.8) is 0 Å². The zero-order chi connectivity index (χ0) is 21.2. The number of nitro benzene ring substituents is 1. The van der Waals surface area contributed by atoms with Crippen molar-refractivity contribution in [1.82, 2.24) is 9.78 Å². The number of aryl methyl sites for hydroxylation is 1. The van der Waals surface area contributed by atoms with Crippen LogP contribution in [-0.2, 0) is 16.6 Å². The Labute approximate surface area is 172 Å². The van der Waals surface area contributed by atoms with Crippen LogP contribution in [0.4, 0.5) is 11.4 Å². The third-order valence-electron chi connectivity index (χ3n) is 4.05. The number of nitro groups is 1. The molecule has 0 atom stereocenters. The molecule has 9 nitrogen and oxygen atoms in total. The van der Waals surface area contributed by atoms with Gasteiger partial charge in [0.15, 0.2) is 0 Å². The molecule has 0 saturated carbocycles. The van der Waals surface area contributed by atoms with Crippen molar-refractivity contribution >= 4 is 33.0 Å². The van der Waals surface area contributed by atoms with Crippen LogP contribution in [0.15, 0.2) is 53.6 Å². The molecule has 0 saturated heterocycles. The van der Waals surface area contributed by atoms with Crippen LogP contribution in [0.3, 0.4) is 0 Å². The molecule has 0 bridgehead atoms. The average Bonchev–Trinajstić information content (AvgIpc) is 3.04. The predicted octanol–water partition coefficient (Wildman–Crippen LogP) is 4.37. The largest absolute Gasteiger partial charge is 0.457 e. The van der Waals surface area contributed by atoms with Crippen molar-refractivity contribution in [2.75, 3.05) is 4.72 Å². The molecule has 11 heteroatoms. The van der Waals surface area contributed by atoms with E-state index in [1.807, 2.05) is 6.92 Å². The molecule has 0 spiro atoms. The van der Waals surface area contributed by atoms with E-state index in [2.05, 4.69) is 9.82 Å². The minimum absolute atomic E-state index is 0.00758. The van der Waals surface area contributed by atoms with Crippen LogP contribution in [0.25, 0.3) is 0 Å². The number of anilines is 1. The van der Waals surface area contributed by atoms with Crippen LogP contribution >= 0.6 is 11.6 Å². The minimum atomic E-state index is -4.00. The first-order valence-electron chi connectivity index (χ1n) is 8.47. The smallest absolute Gasteiger partial charge is 0.275 e. The summed E-state index contributed by atoms with van der Waals surface area (Å²) in [5, 5.41) is 15.8. The molecule has 0 aliphatic heterocycles. The van der Waals surface area contributed by atoms with E-state index in [1.54, 1.807) is 31.2 Å². The predicted molar refractivity (Wildman–Crippen MR) is 108 cm³/mol. The molecule has 3 rings (SSSR count). The van der Waals surface area contributed by atoms with Gasteiger partial charge < -0.3 is 4.74 Å². The number of hydrogen-bond donors (Lipinski definition) is 1. The van der Waals surface area contributed by atoms with Crippen molar-refractivity contribution < 1.29 is 18.1 Å². The summed E-state index contributed by atoms with van der Waals surface area (Å²) in [6, 6.07) is 10.1. The zero-order valence-electron chi connectivity index (χ0n) is 15.5. The Bertz CT molecular complexity index is 1160. The van der Waals surface area contributed by atoms with Gasteiger partial charge in [0.1, 0.15) is 16.4 Å². The number of rotatable bonds is 7. The Morgan fingerprint density at radius 3 is 2.48 bits per heavy atom. The summed E-state index contributed by atoms with van der Waals surface area (Å²) in [4.78, 5) is 10.6. The van der Waals surface area contributed by atoms with Gasteiger partial charge in [-0.25, -0.2) is 8.42 Å². The first-order chi connectivity index (χ1) is 13.7. The molecule has 1 N–H and O–H groups in total. The third kappa shape index (κ3) is 4.66. The summed E-state index contributed by atoms with van der Waals surface area (Å²) in [6.07, 6.45) is 1.24. The molecule has 29 heavy (non-hydrogen) atoms. The molecule has 0 radical (unpaired) electrons. The van der Waals surface area contributed by atoms with Crippen molar-refractivity contribution in [3.05, 3.63) is 69.5 Å². The van der Waals surface area contributed by atoms with Gasteiger partial charge in [-0.3, -0.25) is 19.5 Å². The first-order valence-corrected chi connectivity index (χ1v) is 10.3. The monoisotopic (exact) mass is 436 g/mol. The molecule has 1 heterocycles. The summed E-state index contributed by atoms with van der Waals surface area (Å²) >= 11 is 5.83. The number of non-ortho nitro benzene ring substituents is 1. The van der Waals surface area contributed by atoms with E-state index < -0.39 is 14.9 Å². The van der Waals surface area contributed by atoms with E-state index >= 15 is 0 Å². The van der Waals surface area contributed by atoms with Crippen LogP contribution in [0.5, 0.6) is 11.5 Å². The maximum Gasteiger partial charge on any atom is 0.275 e. The normalized spacial score (nSPS) is 11.3. The lowest BCUT2D eigenvalue weighted by Gasteiger charge is -2.11. The number of aromatic nitrogens is 2. The fraction of sp³-hybridized carbons (Fsp3) is 0.167. The second-order valence-electron chi connectivity index (χ2n) is 6.04. The van der Waals surface area contributed by atoms with E-state index in [0.29, 0.717) is 23.0 Å². The van der Waals surface area contributed by atoms with Gasteiger partial charge >= 0.3 is 0 Å². The van der Waals surface area contributed by atoms with E-state index in [-0.39, 0.29) is 22.0 Å². The van der Waals surface area contributed by atoms with Gasteiger partial charge in [-0.2, -0.15) is 5.10 Å². The van der Waals surface area contributed by atoms with Crippen LogP contribution in [0, 0.1) is 17.0 Å². The molecule has 1 aromatic heterocycles. The standard InChI is InChI=1S/C18H17ClN4O5S/c1-3-22-12(2)18(11-20-22)29(26,27)21-14-8-15(23(24)25)10-17(9-14)28-16-6-4-13(19)5-7-16/h4-11,21H,3H2,1-2H3. The maximum atomic E-state index is 12.8. The van der Waals surface area contributed by atoms with Gasteiger partial charge in [-0.15, -0.1) is 0 Å². The molecule has 3 aromatic rings. The minimum Gasteiger partial charge on any atom is -0.457 e.